The second kappa shape index (κ2) is 6.66. The maximum Gasteiger partial charge on any atom is 0.414 e. The first-order valence-corrected chi connectivity index (χ1v) is 9.03. The van der Waals surface area contributed by atoms with Gasteiger partial charge in [-0.25, -0.2) is 17.9 Å². The molecule has 22 heavy (non-hydrogen) atoms. The maximum absolute atomic E-state index is 11.9. The molecule has 1 atom stereocenters. The summed E-state index contributed by atoms with van der Waals surface area (Å²) in [7, 11) is -3.28. The SMILES string of the molecule is CCS(=O)(=O)NCC1CN(c2ccc(C(C)C)cc2)C(=O)O1. The van der Waals surface area contributed by atoms with Gasteiger partial charge in [-0.2, -0.15) is 0 Å². The van der Waals surface area contributed by atoms with Crippen molar-refractivity contribution >= 4 is 21.8 Å². The lowest BCUT2D eigenvalue weighted by molar-refractivity contribution is 0.143. The molecule has 0 saturated carbocycles. The smallest absolute Gasteiger partial charge is 0.414 e. The van der Waals surface area contributed by atoms with Crippen molar-refractivity contribution in [1.29, 1.82) is 0 Å². The predicted octanol–water partition coefficient (Wildman–Crippen LogP) is 2.07. The van der Waals surface area contributed by atoms with Crippen LogP contribution in [0.25, 0.3) is 0 Å². The molecule has 1 aromatic rings. The number of carbonyl (C=O) groups excluding carboxylic acids is 1. The van der Waals surface area contributed by atoms with E-state index in [1.807, 2.05) is 24.3 Å². The summed E-state index contributed by atoms with van der Waals surface area (Å²) in [5, 5.41) is 0. The molecule has 7 heteroatoms. The topological polar surface area (TPSA) is 75.7 Å². The highest BCUT2D eigenvalue weighted by atomic mass is 32.2. The van der Waals surface area contributed by atoms with Crippen LogP contribution in [0.2, 0.25) is 0 Å². The van der Waals surface area contributed by atoms with E-state index in [2.05, 4.69) is 18.6 Å². The Balaban J connectivity index is 2.00. The van der Waals surface area contributed by atoms with Gasteiger partial charge in [0.2, 0.25) is 10.0 Å². The van der Waals surface area contributed by atoms with Crippen molar-refractivity contribution in [2.45, 2.75) is 32.8 Å². The Morgan fingerprint density at radius 1 is 1.32 bits per heavy atom. The Bertz CT molecular complexity index is 625. The van der Waals surface area contributed by atoms with E-state index in [0.717, 1.165) is 5.69 Å². The fourth-order valence-corrected chi connectivity index (χ4v) is 2.84. The number of nitrogens with zero attached hydrogens (tertiary/aromatic N) is 1. The molecular weight excluding hydrogens is 304 g/mol. The van der Waals surface area contributed by atoms with Crippen molar-refractivity contribution < 1.29 is 17.9 Å². The summed E-state index contributed by atoms with van der Waals surface area (Å²) in [6, 6.07) is 7.74. The molecule has 1 saturated heterocycles. The van der Waals surface area contributed by atoms with Crippen LogP contribution in [0, 0.1) is 0 Å². The first kappa shape index (κ1) is 16.8. The number of nitrogens with one attached hydrogen (secondary N) is 1. The van der Waals surface area contributed by atoms with Crippen LogP contribution in [-0.2, 0) is 14.8 Å². The van der Waals surface area contributed by atoms with Crippen LogP contribution in [-0.4, -0.2) is 39.5 Å². The fourth-order valence-electron chi connectivity index (χ4n) is 2.20. The number of hydrogen-bond acceptors (Lipinski definition) is 4. The molecule has 122 valence electrons. The predicted molar refractivity (Wildman–Crippen MR) is 85.6 cm³/mol. The molecule has 2 rings (SSSR count). The molecule has 1 N–H and O–H groups in total. The molecule has 0 aliphatic carbocycles. The Morgan fingerprint density at radius 3 is 2.50 bits per heavy atom. The van der Waals surface area contributed by atoms with Gasteiger partial charge in [0.25, 0.3) is 0 Å². The minimum atomic E-state index is -3.28. The van der Waals surface area contributed by atoms with E-state index < -0.39 is 22.2 Å². The fraction of sp³-hybridized carbons (Fsp3) is 0.533. The lowest BCUT2D eigenvalue weighted by atomic mass is 10.0. The third-order valence-electron chi connectivity index (χ3n) is 3.66. The summed E-state index contributed by atoms with van der Waals surface area (Å²) in [6.45, 7) is 6.21. The highest BCUT2D eigenvalue weighted by Gasteiger charge is 2.32. The average Bonchev–Trinajstić information content (AvgIpc) is 2.86. The van der Waals surface area contributed by atoms with E-state index in [0.29, 0.717) is 12.5 Å². The van der Waals surface area contributed by atoms with Crippen molar-refractivity contribution in [3.05, 3.63) is 29.8 Å². The summed E-state index contributed by atoms with van der Waals surface area (Å²) >= 11 is 0. The van der Waals surface area contributed by atoms with Crippen LogP contribution in [0.1, 0.15) is 32.3 Å². The van der Waals surface area contributed by atoms with Gasteiger partial charge in [0.05, 0.1) is 12.3 Å². The zero-order chi connectivity index (χ0) is 16.3. The van der Waals surface area contributed by atoms with Crippen LogP contribution in [0.15, 0.2) is 24.3 Å². The van der Waals surface area contributed by atoms with Gasteiger partial charge in [0.15, 0.2) is 0 Å². The molecule has 6 nitrogen and oxygen atoms in total. The van der Waals surface area contributed by atoms with Crippen molar-refractivity contribution in [1.82, 2.24) is 4.72 Å². The first-order valence-electron chi connectivity index (χ1n) is 7.38. The van der Waals surface area contributed by atoms with Crippen LogP contribution >= 0.6 is 0 Å². The molecule has 1 aliphatic heterocycles. The molecule has 0 aromatic heterocycles. The number of ether oxygens (including phenoxy) is 1. The minimum Gasteiger partial charge on any atom is -0.443 e. The number of hydrogen-bond donors (Lipinski definition) is 1. The first-order chi connectivity index (χ1) is 10.3. The zero-order valence-corrected chi connectivity index (χ0v) is 13.9. The lowest BCUT2D eigenvalue weighted by Gasteiger charge is -2.14. The normalized spacial score (nSPS) is 18.8. The van der Waals surface area contributed by atoms with Crippen LogP contribution in [0.3, 0.4) is 0 Å². The van der Waals surface area contributed by atoms with E-state index >= 15 is 0 Å². The van der Waals surface area contributed by atoms with Gasteiger partial charge in [-0.15, -0.1) is 0 Å². The highest BCUT2D eigenvalue weighted by Crippen LogP contribution is 2.24. The molecule has 1 aliphatic rings. The number of benzene rings is 1. The van der Waals surface area contributed by atoms with E-state index in [4.69, 9.17) is 4.74 Å². The second-order valence-corrected chi connectivity index (χ2v) is 7.71. The van der Waals surface area contributed by atoms with Crippen molar-refractivity contribution in [2.24, 2.45) is 0 Å². The zero-order valence-electron chi connectivity index (χ0n) is 13.1. The third kappa shape index (κ3) is 3.98. The minimum absolute atomic E-state index is 0.00798. The molecule has 1 heterocycles. The quantitative estimate of drug-likeness (QED) is 0.868. The molecule has 0 bridgehead atoms. The molecule has 1 aromatic carbocycles. The monoisotopic (exact) mass is 326 g/mol. The molecule has 1 amide bonds. The van der Waals surface area contributed by atoms with Gasteiger partial charge in [-0.3, -0.25) is 4.90 Å². The Labute approximate surface area is 131 Å². The lowest BCUT2D eigenvalue weighted by Crippen LogP contribution is -2.35. The Morgan fingerprint density at radius 2 is 1.95 bits per heavy atom. The number of sulfonamides is 1. The highest BCUT2D eigenvalue weighted by molar-refractivity contribution is 7.89. The van der Waals surface area contributed by atoms with Gasteiger partial charge < -0.3 is 4.74 Å². The molecular formula is C15H22N2O4S. The van der Waals surface area contributed by atoms with E-state index in [1.54, 1.807) is 6.92 Å². The third-order valence-corrected chi connectivity index (χ3v) is 5.02. The number of cyclic esters (lactones) is 1. The van der Waals surface area contributed by atoms with Gasteiger partial charge in [-0.1, -0.05) is 26.0 Å². The number of anilines is 1. The average molecular weight is 326 g/mol. The summed E-state index contributed by atoms with van der Waals surface area (Å²) in [4.78, 5) is 13.4. The maximum atomic E-state index is 11.9. The largest absolute Gasteiger partial charge is 0.443 e. The number of rotatable bonds is 6. The standard InChI is InChI=1S/C15H22N2O4S/c1-4-22(19,20)16-9-14-10-17(15(18)21-14)13-7-5-12(6-8-13)11(2)3/h5-8,11,14,16H,4,9-10H2,1-3H3. The van der Waals surface area contributed by atoms with Crippen molar-refractivity contribution in [3.63, 3.8) is 0 Å². The van der Waals surface area contributed by atoms with E-state index in [-0.39, 0.29) is 12.3 Å². The molecule has 0 radical (unpaired) electrons. The van der Waals surface area contributed by atoms with Gasteiger partial charge >= 0.3 is 6.09 Å². The summed E-state index contributed by atoms with van der Waals surface area (Å²) in [5.74, 6) is 0.435. The Hall–Kier alpha value is -1.60. The van der Waals surface area contributed by atoms with E-state index in [9.17, 15) is 13.2 Å². The number of carbonyl (C=O) groups is 1. The van der Waals surface area contributed by atoms with Gasteiger partial charge in [0.1, 0.15) is 6.10 Å². The Kier molecular flexibility index (Phi) is 5.08. The molecule has 1 fully saturated rings. The molecule has 0 spiro atoms. The van der Waals surface area contributed by atoms with Crippen molar-refractivity contribution in [2.75, 3.05) is 23.7 Å². The summed E-state index contributed by atoms with van der Waals surface area (Å²) in [5.41, 5.74) is 1.96. The van der Waals surface area contributed by atoms with E-state index in [1.165, 1.54) is 10.5 Å². The second-order valence-electron chi connectivity index (χ2n) is 5.61. The molecule has 1 unspecified atom stereocenters. The van der Waals surface area contributed by atoms with Crippen LogP contribution in [0.5, 0.6) is 0 Å². The van der Waals surface area contributed by atoms with Gasteiger partial charge in [-0.05, 0) is 30.5 Å². The summed E-state index contributed by atoms with van der Waals surface area (Å²) in [6.07, 6.45) is -0.920. The van der Waals surface area contributed by atoms with Crippen LogP contribution in [0.4, 0.5) is 10.5 Å². The number of amides is 1. The summed E-state index contributed by atoms with van der Waals surface area (Å²) < 4.78 is 30.5. The van der Waals surface area contributed by atoms with Crippen molar-refractivity contribution in [3.8, 4) is 0 Å². The van der Waals surface area contributed by atoms with Crippen LogP contribution < -0.4 is 9.62 Å². The van der Waals surface area contributed by atoms with Gasteiger partial charge in [0, 0.05) is 12.2 Å².